The van der Waals surface area contributed by atoms with Crippen molar-refractivity contribution in [1.29, 1.82) is 0 Å². The standard InChI is InChI=1S/C12H14N2O5/c1-3-9(12(16)17)4-5-13-7-10(14(18)19)8(2)6-11(13)15/h4,6-7H,3,5H2,1-2H3,(H,16,17). The highest BCUT2D eigenvalue weighted by molar-refractivity contribution is 5.86. The molecule has 0 aliphatic rings. The predicted molar refractivity (Wildman–Crippen MR) is 68.1 cm³/mol. The number of aliphatic carboxylic acids is 1. The highest BCUT2D eigenvalue weighted by Gasteiger charge is 2.13. The molecular formula is C12H14N2O5. The highest BCUT2D eigenvalue weighted by atomic mass is 16.6. The molecule has 1 rings (SSSR count). The smallest absolute Gasteiger partial charge is 0.331 e. The molecule has 0 saturated heterocycles. The second-order valence-electron chi connectivity index (χ2n) is 3.98. The minimum absolute atomic E-state index is 0.00454. The lowest BCUT2D eigenvalue weighted by molar-refractivity contribution is -0.385. The van der Waals surface area contributed by atoms with Crippen molar-refractivity contribution in [3.05, 3.63) is 49.9 Å². The molecule has 0 aromatic carbocycles. The molecule has 0 atom stereocenters. The third kappa shape index (κ3) is 3.51. The molecule has 1 N–H and O–H groups in total. The zero-order chi connectivity index (χ0) is 14.6. The molecule has 1 aromatic heterocycles. The lowest BCUT2D eigenvalue weighted by Crippen LogP contribution is -2.20. The van der Waals surface area contributed by atoms with Gasteiger partial charge in [-0.2, -0.15) is 0 Å². The van der Waals surface area contributed by atoms with Crippen LogP contribution < -0.4 is 5.56 Å². The van der Waals surface area contributed by atoms with E-state index in [0.29, 0.717) is 6.42 Å². The summed E-state index contributed by atoms with van der Waals surface area (Å²) in [6.07, 6.45) is 2.82. The fraction of sp³-hybridized carbons (Fsp3) is 0.333. The maximum atomic E-state index is 11.6. The van der Waals surface area contributed by atoms with E-state index in [2.05, 4.69) is 0 Å². The molecule has 0 aliphatic carbocycles. The van der Waals surface area contributed by atoms with Gasteiger partial charge in [-0.05, 0) is 13.3 Å². The molecule has 0 bridgehead atoms. The molecule has 19 heavy (non-hydrogen) atoms. The highest BCUT2D eigenvalue weighted by Crippen LogP contribution is 2.14. The lowest BCUT2D eigenvalue weighted by atomic mass is 10.2. The van der Waals surface area contributed by atoms with Gasteiger partial charge in [0.2, 0.25) is 0 Å². The zero-order valence-electron chi connectivity index (χ0n) is 10.6. The van der Waals surface area contributed by atoms with Crippen molar-refractivity contribution in [2.75, 3.05) is 0 Å². The summed E-state index contributed by atoms with van der Waals surface area (Å²) in [5.41, 5.74) is -0.124. The van der Waals surface area contributed by atoms with E-state index in [1.54, 1.807) is 6.92 Å². The second kappa shape index (κ2) is 5.94. The van der Waals surface area contributed by atoms with Crippen LogP contribution in [0.4, 0.5) is 5.69 Å². The Labute approximate surface area is 108 Å². The van der Waals surface area contributed by atoms with Gasteiger partial charge in [-0.3, -0.25) is 14.9 Å². The van der Waals surface area contributed by atoms with E-state index in [0.717, 1.165) is 10.8 Å². The molecule has 7 heteroatoms. The lowest BCUT2D eigenvalue weighted by Gasteiger charge is -2.04. The normalized spacial score (nSPS) is 11.4. The van der Waals surface area contributed by atoms with Crippen molar-refractivity contribution in [3.8, 4) is 0 Å². The summed E-state index contributed by atoms with van der Waals surface area (Å²) < 4.78 is 1.11. The summed E-state index contributed by atoms with van der Waals surface area (Å²) in [4.78, 5) is 32.6. The molecule has 1 heterocycles. The van der Waals surface area contributed by atoms with Crippen molar-refractivity contribution in [1.82, 2.24) is 4.57 Å². The Morgan fingerprint density at radius 1 is 1.58 bits per heavy atom. The molecule has 0 aliphatic heterocycles. The van der Waals surface area contributed by atoms with Crippen molar-refractivity contribution < 1.29 is 14.8 Å². The van der Waals surface area contributed by atoms with Crippen molar-refractivity contribution in [3.63, 3.8) is 0 Å². The Morgan fingerprint density at radius 3 is 2.68 bits per heavy atom. The number of rotatable bonds is 5. The molecule has 0 radical (unpaired) electrons. The number of nitro groups is 1. The van der Waals surface area contributed by atoms with E-state index in [1.807, 2.05) is 0 Å². The SMILES string of the molecule is CCC(=CCn1cc([N+](=O)[O-])c(C)cc1=O)C(=O)O. The Kier molecular flexibility index (Phi) is 4.57. The summed E-state index contributed by atoms with van der Waals surface area (Å²) in [5, 5.41) is 19.6. The third-order valence-corrected chi connectivity index (χ3v) is 2.69. The number of aromatic nitrogens is 1. The largest absolute Gasteiger partial charge is 0.478 e. The zero-order valence-corrected chi connectivity index (χ0v) is 10.6. The van der Waals surface area contributed by atoms with E-state index >= 15 is 0 Å². The summed E-state index contributed by atoms with van der Waals surface area (Å²) in [6.45, 7) is 3.16. The molecule has 0 saturated carbocycles. The number of carboxylic acids is 1. The van der Waals surface area contributed by atoms with Gasteiger partial charge in [-0.15, -0.1) is 0 Å². The second-order valence-corrected chi connectivity index (χ2v) is 3.98. The minimum atomic E-state index is -1.06. The van der Waals surface area contributed by atoms with Gasteiger partial charge >= 0.3 is 5.97 Å². The predicted octanol–water partition coefficient (Wildman–Crippen LogP) is 1.49. The molecule has 0 fully saturated rings. The first kappa shape index (κ1) is 14.6. The Balaban J connectivity index is 3.15. The number of aryl methyl sites for hydroxylation is 1. The molecule has 0 unspecified atom stereocenters. The number of carbonyl (C=O) groups is 1. The first-order chi connectivity index (χ1) is 8.86. The summed E-state index contributed by atoms with van der Waals surface area (Å²) in [7, 11) is 0. The monoisotopic (exact) mass is 266 g/mol. The van der Waals surface area contributed by atoms with E-state index in [1.165, 1.54) is 19.1 Å². The quantitative estimate of drug-likeness (QED) is 0.494. The van der Waals surface area contributed by atoms with Gasteiger partial charge in [0.05, 0.1) is 11.1 Å². The number of nitrogens with zero attached hydrogens (tertiary/aromatic N) is 2. The van der Waals surface area contributed by atoms with E-state index in [9.17, 15) is 19.7 Å². The Morgan fingerprint density at radius 2 is 2.21 bits per heavy atom. The number of hydrogen-bond donors (Lipinski definition) is 1. The first-order valence-electron chi connectivity index (χ1n) is 5.64. The molecule has 0 amide bonds. The fourth-order valence-electron chi connectivity index (χ4n) is 1.58. The van der Waals surface area contributed by atoms with Crippen LogP contribution in [0.3, 0.4) is 0 Å². The third-order valence-electron chi connectivity index (χ3n) is 2.69. The van der Waals surface area contributed by atoms with Gasteiger partial charge < -0.3 is 9.67 Å². The molecule has 7 nitrogen and oxygen atoms in total. The van der Waals surface area contributed by atoms with Crippen LogP contribution in [0.25, 0.3) is 0 Å². The van der Waals surface area contributed by atoms with Crippen LogP contribution in [0.2, 0.25) is 0 Å². The summed E-state index contributed by atoms with van der Waals surface area (Å²) in [5.74, 6) is -1.06. The topological polar surface area (TPSA) is 102 Å². The molecule has 1 aromatic rings. The maximum Gasteiger partial charge on any atom is 0.331 e. The number of pyridine rings is 1. The average Bonchev–Trinajstić information content (AvgIpc) is 2.31. The molecular weight excluding hydrogens is 252 g/mol. The van der Waals surface area contributed by atoms with Crippen LogP contribution in [0.15, 0.2) is 28.7 Å². The summed E-state index contributed by atoms with van der Waals surface area (Å²) in [6, 6.07) is 1.17. The molecule has 102 valence electrons. The van der Waals surface area contributed by atoms with Crippen LogP contribution in [-0.4, -0.2) is 20.6 Å². The maximum absolute atomic E-state index is 11.6. The van der Waals surface area contributed by atoms with E-state index in [-0.39, 0.29) is 23.4 Å². The van der Waals surface area contributed by atoms with Crippen molar-refractivity contribution in [2.24, 2.45) is 0 Å². The minimum Gasteiger partial charge on any atom is -0.478 e. The van der Waals surface area contributed by atoms with Gasteiger partial charge in [0.15, 0.2) is 0 Å². The Hall–Kier alpha value is -2.44. The van der Waals surface area contributed by atoms with Gasteiger partial charge in [0, 0.05) is 23.7 Å². The van der Waals surface area contributed by atoms with Gasteiger partial charge in [-0.25, -0.2) is 4.79 Å². The molecule has 0 spiro atoms. The van der Waals surface area contributed by atoms with Gasteiger partial charge in [-0.1, -0.05) is 13.0 Å². The Bertz CT molecular complexity index is 601. The van der Waals surface area contributed by atoms with Crippen LogP contribution in [0, 0.1) is 17.0 Å². The van der Waals surface area contributed by atoms with Crippen molar-refractivity contribution in [2.45, 2.75) is 26.8 Å². The van der Waals surface area contributed by atoms with Crippen molar-refractivity contribution >= 4 is 11.7 Å². The number of hydrogen-bond acceptors (Lipinski definition) is 4. The van der Waals surface area contributed by atoms with Crippen LogP contribution >= 0.6 is 0 Å². The van der Waals surface area contributed by atoms with Gasteiger partial charge in [0.25, 0.3) is 11.2 Å². The van der Waals surface area contributed by atoms with Crippen LogP contribution in [0.1, 0.15) is 18.9 Å². The summed E-state index contributed by atoms with van der Waals surface area (Å²) >= 11 is 0. The fourth-order valence-corrected chi connectivity index (χ4v) is 1.58. The van der Waals surface area contributed by atoms with Gasteiger partial charge in [0.1, 0.15) is 0 Å². The average molecular weight is 266 g/mol. The first-order valence-corrected chi connectivity index (χ1v) is 5.64. The number of allylic oxidation sites excluding steroid dienone is 1. The van der Waals surface area contributed by atoms with E-state index < -0.39 is 16.5 Å². The van der Waals surface area contributed by atoms with Crippen LogP contribution in [0.5, 0.6) is 0 Å². The number of carboxylic acid groups (broad SMARTS) is 1. The van der Waals surface area contributed by atoms with E-state index in [4.69, 9.17) is 5.11 Å². The van der Waals surface area contributed by atoms with Crippen LogP contribution in [-0.2, 0) is 11.3 Å².